The maximum atomic E-state index is 13.9. The molecule has 0 heterocycles. The number of methoxy groups -OCH3 is 1. The molecule has 4 heteroatoms. The van der Waals surface area contributed by atoms with E-state index in [4.69, 9.17) is 4.74 Å². The molecule has 1 atom stereocenters. The van der Waals surface area contributed by atoms with E-state index >= 15 is 0 Å². The molecule has 0 amide bonds. The molecule has 1 N–H and O–H groups in total. The fraction of sp³-hybridized carbons (Fsp3) is 0.400. The summed E-state index contributed by atoms with van der Waals surface area (Å²) in [7, 11) is 1.67. The van der Waals surface area contributed by atoms with Crippen LogP contribution in [0.4, 0.5) is 4.39 Å². The highest BCUT2D eigenvalue weighted by molar-refractivity contribution is 5.17. The molecule has 0 spiro atoms. The second-order valence-electron chi connectivity index (χ2n) is 6.02. The average molecular weight is 331 g/mol. The van der Waals surface area contributed by atoms with Crippen LogP contribution in [0.1, 0.15) is 17.5 Å². The Kier molecular flexibility index (Phi) is 7.89. The number of aliphatic hydroxyl groups excluding tert-OH is 1. The zero-order valence-electron chi connectivity index (χ0n) is 14.2. The predicted octanol–water partition coefficient (Wildman–Crippen LogP) is 3.27. The van der Waals surface area contributed by atoms with Gasteiger partial charge in [0.2, 0.25) is 0 Å². The van der Waals surface area contributed by atoms with E-state index in [-0.39, 0.29) is 5.82 Å². The van der Waals surface area contributed by atoms with Crippen LogP contribution in [0, 0.1) is 5.82 Å². The third-order valence-electron chi connectivity index (χ3n) is 3.96. The monoisotopic (exact) mass is 331 g/mol. The zero-order valence-corrected chi connectivity index (χ0v) is 14.2. The summed E-state index contributed by atoms with van der Waals surface area (Å²) in [5.74, 6) is -0.202. The van der Waals surface area contributed by atoms with Crippen LogP contribution < -0.4 is 0 Å². The lowest BCUT2D eigenvalue weighted by Gasteiger charge is -2.25. The highest BCUT2D eigenvalue weighted by Gasteiger charge is 2.14. The lowest BCUT2D eigenvalue weighted by atomic mass is 10.1. The normalized spacial score (nSPS) is 12.5. The third kappa shape index (κ3) is 6.40. The molecule has 2 aromatic rings. The van der Waals surface area contributed by atoms with Crippen LogP contribution in [0.2, 0.25) is 0 Å². The maximum absolute atomic E-state index is 13.9. The van der Waals surface area contributed by atoms with Gasteiger partial charge in [0.1, 0.15) is 5.82 Å². The molecule has 0 radical (unpaired) electrons. The largest absolute Gasteiger partial charge is 0.391 e. The lowest BCUT2D eigenvalue weighted by molar-refractivity contribution is 0.0988. The minimum atomic E-state index is -0.485. The second kappa shape index (κ2) is 10.2. The Morgan fingerprint density at radius 3 is 2.50 bits per heavy atom. The number of hydrogen-bond acceptors (Lipinski definition) is 3. The molecule has 0 aromatic heterocycles. The summed E-state index contributed by atoms with van der Waals surface area (Å²) in [6.07, 6.45) is 0.962. The molecular weight excluding hydrogens is 305 g/mol. The molecule has 0 aliphatic carbocycles. The van der Waals surface area contributed by atoms with E-state index in [1.54, 1.807) is 19.2 Å². The van der Waals surface area contributed by atoms with E-state index in [1.807, 2.05) is 36.4 Å². The van der Waals surface area contributed by atoms with E-state index < -0.39 is 6.10 Å². The Hall–Kier alpha value is -1.75. The predicted molar refractivity (Wildman–Crippen MR) is 94.3 cm³/mol. The van der Waals surface area contributed by atoms with E-state index in [9.17, 15) is 9.50 Å². The quantitative estimate of drug-likeness (QED) is 0.678. The molecule has 2 rings (SSSR count). The van der Waals surface area contributed by atoms with E-state index in [0.717, 1.165) is 18.5 Å². The number of ether oxygens (including phenoxy) is 1. The molecule has 3 nitrogen and oxygen atoms in total. The van der Waals surface area contributed by atoms with Crippen molar-refractivity contribution in [1.29, 1.82) is 0 Å². The Bertz CT molecular complexity index is 591. The number of rotatable bonds is 10. The smallest absolute Gasteiger partial charge is 0.127 e. The highest BCUT2D eigenvalue weighted by Crippen LogP contribution is 2.12. The molecule has 0 bridgehead atoms. The van der Waals surface area contributed by atoms with Crippen molar-refractivity contribution >= 4 is 0 Å². The summed E-state index contributed by atoms with van der Waals surface area (Å²) in [6.45, 7) is 2.41. The van der Waals surface area contributed by atoms with Crippen molar-refractivity contribution in [3.8, 4) is 0 Å². The van der Waals surface area contributed by atoms with Gasteiger partial charge in [-0.1, -0.05) is 48.5 Å². The van der Waals surface area contributed by atoms with Gasteiger partial charge in [-0.2, -0.15) is 0 Å². The molecule has 0 saturated carbocycles. The average Bonchev–Trinajstić information content (AvgIpc) is 2.58. The molecule has 1 unspecified atom stereocenters. The maximum Gasteiger partial charge on any atom is 0.127 e. The van der Waals surface area contributed by atoms with Crippen LogP contribution in [0.25, 0.3) is 0 Å². The second-order valence-corrected chi connectivity index (χ2v) is 6.02. The summed E-state index contributed by atoms with van der Waals surface area (Å²) in [6, 6.07) is 16.7. The molecule has 0 saturated heterocycles. The molecule has 0 fully saturated rings. The van der Waals surface area contributed by atoms with Crippen LogP contribution in [0.15, 0.2) is 54.6 Å². The van der Waals surface area contributed by atoms with Gasteiger partial charge in [-0.3, -0.25) is 4.90 Å². The van der Waals surface area contributed by atoms with Gasteiger partial charge in [0.15, 0.2) is 0 Å². The van der Waals surface area contributed by atoms with E-state index in [0.29, 0.717) is 31.7 Å². The summed E-state index contributed by atoms with van der Waals surface area (Å²) in [5, 5.41) is 10.4. The minimum Gasteiger partial charge on any atom is -0.391 e. The first-order valence-corrected chi connectivity index (χ1v) is 8.35. The van der Waals surface area contributed by atoms with Crippen molar-refractivity contribution in [2.45, 2.75) is 25.5 Å². The topological polar surface area (TPSA) is 32.7 Å². The van der Waals surface area contributed by atoms with Gasteiger partial charge in [0.05, 0.1) is 6.10 Å². The van der Waals surface area contributed by atoms with E-state index in [2.05, 4.69) is 4.90 Å². The summed E-state index contributed by atoms with van der Waals surface area (Å²) in [5.41, 5.74) is 1.76. The number of benzene rings is 2. The number of nitrogens with zero attached hydrogens (tertiary/aromatic N) is 1. The minimum absolute atomic E-state index is 0.202. The summed E-state index contributed by atoms with van der Waals surface area (Å²) in [4.78, 5) is 2.09. The standard InChI is InChI=1S/C20H26FNO2/c1-24-13-7-12-22(15-18-10-5-6-11-20(18)21)16-19(23)14-17-8-3-2-4-9-17/h2-6,8-11,19,23H,7,12-16H2,1H3. The Labute approximate surface area is 143 Å². The van der Waals surface area contributed by atoms with Gasteiger partial charge in [-0.15, -0.1) is 0 Å². The van der Waals surface area contributed by atoms with Crippen molar-refractivity contribution < 1.29 is 14.2 Å². The van der Waals surface area contributed by atoms with Gasteiger partial charge >= 0.3 is 0 Å². The van der Waals surface area contributed by atoms with Gasteiger partial charge < -0.3 is 9.84 Å². The Balaban J connectivity index is 1.95. The molecule has 24 heavy (non-hydrogen) atoms. The summed E-state index contributed by atoms with van der Waals surface area (Å²) >= 11 is 0. The Morgan fingerprint density at radius 1 is 1.08 bits per heavy atom. The third-order valence-corrected chi connectivity index (χ3v) is 3.96. The van der Waals surface area contributed by atoms with Crippen molar-refractivity contribution in [3.63, 3.8) is 0 Å². The van der Waals surface area contributed by atoms with Gasteiger partial charge in [0.25, 0.3) is 0 Å². The zero-order chi connectivity index (χ0) is 17.2. The summed E-state index contributed by atoms with van der Waals surface area (Å²) < 4.78 is 19.0. The van der Waals surface area contributed by atoms with Gasteiger partial charge in [-0.05, 0) is 24.5 Å². The number of aliphatic hydroxyl groups is 1. The Morgan fingerprint density at radius 2 is 1.79 bits per heavy atom. The van der Waals surface area contributed by atoms with E-state index in [1.165, 1.54) is 6.07 Å². The molecule has 0 aliphatic rings. The number of hydrogen-bond donors (Lipinski definition) is 1. The van der Waals surface area contributed by atoms with Crippen LogP contribution in [-0.4, -0.2) is 42.9 Å². The van der Waals surface area contributed by atoms with Crippen LogP contribution in [-0.2, 0) is 17.7 Å². The lowest BCUT2D eigenvalue weighted by Crippen LogP contribution is -2.34. The van der Waals surface area contributed by atoms with Crippen molar-refractivity contribution in [2.75, 3.05) is 26.8 Å². The van der Waals surface area contributed by atoms with Crippen molar-refractivity contribution in [1.82, 2.24) is 4.90 Å². The van der Waals surface area contributed by atoms with Crippen LogP contribution in [0.3, 0.4) is 0 Å². The van der Waals surface area contributed by atoms with Gasteiger partial charge in [-0.25, -0.2) is 4.39 Å². The van der Waals surface area contributed by atoms with Crippen molar-refractivity contribution in [2.24, 2.45) is 0 Å². The van der Waals surface area contributed by atoms with Crippen LogP contribution >= 0.6 is 0 Å². The fourth-order valence-corrected chi connectivity index (χ4v) is 2.78. The first kappa shape index (κ1) is 18.6. The molecule has 0 aliphatic heterocycles. The fourth-order valence-electron chi connectivity index (χ4n) is 2.78. The molecule has 130 valence electrons. The first-order valence-electron chi connectivity index (χ1n) is 8.35. The van der Waals surface area contributed by atoms with Crippen LogP contribution in [0.5, 0.6) is 0 Å². The number of halogens is 1. The van der Waals surface area contributed by atoms with Gasteiger partial charge in [0, 0.05) is 38.9 Å². The van der Waals surface area contributed by atoms with Crippen molar-refractivity contribution in [3.05, 3.63) is 71.5 Å². The highest BCUT2D eigenvalue weighted by atomic mass is 19.1. The molecule has 2 aromatic carbocycles. The molecular formula is C20H26FNO2. The SMILES string of the molecule is COCCCN(Cc1ccccc1F)CC(O)Cc1ccccc1. The first-order chi connectivity index (χ1) is 11.7.